The zero-order chi connectivity index (χ0) is 15.5. The summed E-state index contributed by atoms with van der Waals surface area (Å²) < 4.78 is 6.07. The van der Waals surface area contributed by atoms with Crippen molar-refractivity contribution in [2.45, 2.75) is 26.6 Å². The third kappa shape index (κ3) is 1.95. The normalized spacial score (nSPS) is 28.3. The van der Waals surface area contributed by atoms with Crippen LogP contribution in [-0.2, 0) is 18.8 Å². The van der Waals surface area contributed by atoms with Gasteiger partial charge in [-0.15, -0.1) is 12.4 Å². The molecule has 0 N–H and O–H groups in total. The van der Waals surface area contributed by atoms with Crippen molar-refractivity contribution in [3.05, 3.63) is 82.9 Å². The first-order valence-electron chi connectivity index (χ1n) is 8.99. The van der Waals surface area contributed by atoms with Gasteiger partial charge in [0.25, 0.3) is 0 Å². The molecule has 2 heteroatoms. The van der Waals surface area contributed by atoms with Crippen LogP contribution in [0, 0.1) is 0 Å². The zero-order valence-corrected chi connectivity index (χ0v) is 17.4. The molecule has 0 radical (unpaired) electrons. The smallest absolute Gasteiger partial charge is 0.147 e. The topological polar surface area (TPSA) is 0 Å². The summed E-state index contributed by atoms with van der Waals surface area (Å²) in [4.78, 5) is 0. The summed E-state index contributed by atoms with van der Waals surface area (Å²) >= 11 is -2.85. The van der Waals surface area contributed by atoms with Crippen molar-refractivity contribution in [3.8, 4) is 0 Å². The third-order valence-electron chi connectivity index (χ3n) is 7.37. The van der Waals surface area contributed by atoms with Crippen molar-refractivity contribution in [3.63, 3.8) is 0 Å². The van der Waals surface area contributed by atoms with Crippen molar-refractivity contribution < 1.29 is 18.8 Å². The van der Waals surface area contributed by atoms with Crippen molar-refractivity contribution >= 4 is 24.6 Å². The van der Waals surface area contributed by atoms with Crippen LogP contribution in [0.25, 0.3) is 12.2 Å². The van der Waals surface area contributed by atoms with Crippen LogP contribution in [0.15, 0.2) is 60.7 Å². The maximum Gasteiger partial charge on any atom is -0.147 e. The maximum atomic E-state index is 2.58. The summed E-state index contributed by atoms with van der Waals surface area (Å²) in [6.07, 6.45) is 9.97. The molecule has 0 nitrogen and oxygen atoms in total. The van der Waals surface area contributed by atoms with Gasteiger partial charge in [-0.05, 0) is 0 Å². The number of hydrogen-bond acceptors (Lipinski definition) is 0. The third-order valence-corrected chi connectivity index (χ3v) is 28.4. The molecule has 5 rings (SSSR count). The fraction of sp³-hybridized carbons (Fsp3) is 0.273. The molecular weight excluding hydrogens is 391 g/mol. The monoisotopic (exact) mass is 413 g/mol. The molecule has 2 unspecified atom stereocenters. The van der Waals surface area contributed by atoms with E-state index in [1.165, 1.54) is 15.3 Å². The number of halogens is 1. The summed E-state index contributed by atoms with van der Waals surface area (Å²) in [5, 5.41) is 0. The molecule has 1 aliphatic heterocycles. The molecule has 2 aromatic rings. The Hall–Kier alpha value is -0.907. The van der Waals surface area contributed by atoms with Gasteiger partial charge in [-0.25, -0.2) is 0 Å². The molecule has 2 aromatic carbocycles. The molecule has 123 valence electrons. The molecule has 3 aliphatic rings. The van der Waals surface area contributed by atoms with Crippen LogP contribution < -0.4 is 0 Å². The first kappa shape index (κ1) is 16.6. The van der Waals surface area contributed by atoms with E-state index in [1.807, 2.05) is 0 Å². The first-order chi connectivity index (χ1) is 11.3. The van der Waals surface area contributed by atoms with E-state index in [1.54, 1.807) is 19.4 Å². The number of benzene rings is 2. The predicted molar refractivity (Wildman–Crippen MR) is 104 cm³/mol. The summed E-state index contributed by atoms with van der Waals surface area (Å²) in [5.74, 6) is 0. The van der Waals surface area contributed by atoms with Gasteiger partial charge in [-0.2, -0.15) is 0 Å². The molecule has 0 bridgehead atoms. The molecule has 0 saturated carbocycles. The second kappa shape index (κ2) is 5.55. The van der Waals surface area contributed by atoms with Crippen molar-refractivity contribution in [2.24, 2.45) is 0 Å². The molecule has 0 aromatic heterocycles. The minimum absolute atomic E-state index is 0. The average Bonchev–Trinajstić information content (AvgIpc) is 3.00. The maximum absolute atomic E-state index is 2.85. The van der Waals surface area contributed by atoms with Gasteiger partial charge in [0.15, 0.2) is 0 Å². The van der Waals surface area contributed by atoms with Crippen LogP contribution in [0.3, 0.4) is 0 Å². The van der Waals surface area contributed by atoms with Crippen LogP contribution in [0.5, 0.6) is 0 Å². The van der Waals surface area contributed by atoms with E-state index >= 15 is 0 Å². The Balaban J connectivity index is 0.00000146. The van der Waals surface area contributed by atoms with E-state index in [9.17, 15) is 0 Å². The largest absolute Gasteiger partial charge is 0.147 e. The van der Waals surface area contributed by atoms with E-state index in [4.69, 9.17) is 0 Å². The van der Waals surface area contributed by atoms with Gasteiger partial charge in [0, 0.05) is 0 Å². The van der Waals surface area contributed by atoms with Crippen LogP contribution in [-0.4, -0.2) is 0 Å². The van der Waals surface area contributed by atoms with Crippen LogP contribution in [0.1, 0.15) is 36.4 Å². The van der Waals surface area contributed by atoms with Crippen LogP contribution >= 0.6 is 12.4 Å². The van der Waals surface area contributed by atoms with E-state index < -0.39 is 18.8 Å². The number of fused-ring (bicyclic) bond motifs is 2. The Labute approximate surface area is 152 Å². The minimum atomic E-state index is -2.85. The van der Waals surface area contributed by atoms with E-state index in [-0.39, 0.29) is 12.4 Å². The van der Waals surface area contributed by atoms with Gasteiger partial charge in [0.2, 0.25) is 0 Å². The standard InChI is InChI=1S/2C9H7.C2H5.C2H4.ClH.Zr/c2*1-2-5-9-7-3-6-8(9)4-1;2*1-2;;/h2*1-7H;1H2,2H3;1-2H2;1H;. The second-order valence-corrected chi connectivity index (χ2v) is 25.7. The zero-order valence-electron chi connectivity index (χ0n) is 14.1. The minimum Gasteiger partial charge on any atom is -0.147 e. The molecule has 0 spiro atoms. The molecule has 1 fully saturated rings. The van der Waals surface area contributed by atoms with Gasteiger partial charge in [-0.1, -0.05) is 0 Å². The Morgan fingerprint density at radius 2 is 1.25 bits per heavy atom. The fourth-order valence-electron chi connectivity index (χ4n) is 5.70. The van der Waals surface area contributed by atoms with Crippen molar-refractivity contribution in [1.82, 2.24) is 0 Å². The Morgan fingerprint density at radius 3 is 1.67 bits per heavy atom. The Morgan fingerprint density at radius 1 is 0.792 bits per heavy atom. The molecule has 2 atom stereocenters. The van der Waals surface area contributed by atoms with Crippen LogP contribution in [0.4, 0.5) is 0 Å². The first-order valence-corrected chi connectivity index (χ1v) is 17.0. The van der Waals surface area contributed by atoms with E-state index in [0.717, 1.165) is 7.25 Å². The van der Waals surface area contributed by atoms with E-state index in [0.29, 0.717) is 0 Å². The van der Waals surface area contributed by atoms with Crippen molar-refractivity contribution in [2.75, 3.05) is 0 Å². The molecule has 1 heterocycles. The van der Waals surface area contributed by atoms with Gasteiger partial charge >= 0.3 is 140 Å². The molecular formula is C22H24ClZr. The summed E-state index contributed by atoms with van der Waals surface area (Å²) in [5.41, 5.74) is 6.22. The second-order valence-electron chi connectivity index (χ2n) is 7.93. The Kier molecular flexibility index (Phi) is 3.83. The van der Waals surface area contributed by atoms with Gasteiger partial charge < -0.3 is 0 Å². The molecule has 2 aliphatic carbocycles. The average molecular weight is 415 g/mol. The fourth-order valence-corrected chi connectivity index (χ4v) is 30.0. The molecule has 0 amide bonds. The SMILES string of the molecule is C[CH2][Zr]1([CH]2C=Cc3ccccc32)([CH]2C=Cc3ccccc32)[CH2][CH2]1.Cl. The van der Waals surface area contributed by atoms with E-state index in [2.05, 4.69) is 79.8 Å². The molecule has 24 heavy (non-hydrogen) atoms. The summed E-state index contributed by atoms with van der Waals surface area (Å²) in [7, 11) is 0. The summed E-state index contributed by atoms with van der Waals surface area (Å²) in [6, 6.07) is 18.3. The van der Waals surface area contributed by atoms with Gasteiger partial charge in [-0.3, -0.25) is 0 Å². The molecule has 1 saturated heterocycles. The van der Waals surface area contributed by atoms with Gasteiger partial charge in [0.1, 0.15) is 0 Å². The quantitative estimate of drug-likeness (QED) is 0.511. The Bertz CT molecular complexity index is 794. The number of rotatable bonds is 3. The van der Waals surface area contributed by atoms with Gasteiger partial charge in [0.05, 0.1) is 0 Å². The van der Waals surface area contributed by atoms with Crippen molar-refractivity contribution in [1.29, 1.82) is 0 Å². The van der Waals surface area contributed by atoms with Crippen LogP contribution in [0.2, 0.25) is 12.4 Å². The predicted octanol–water partition coefficient (Wildman–Crippen LogP) is 6.92. The number of allylic oxidation sites excluding steroid dienone is 2. The summed E-state index contributed by atoms with van der Waals surface area (Å²) in [6.45, 7) is 2.50. The number of hydrogen-bond donors (Lipinski definition) is 0.